The third-order valence-electron chi connectivity index (χ3n) is 4.87. The van der Waals surface area contributed by atoms with Gasteiger partial charge in [-0.05, 0) is 26.1 Å². The largest absolute Gasteiger partial charge is 0.419 e. The molecule has 10 nitrogen and oxygen atoms in total. The number of hydrogen-bond acceptors (Lipinski definition) is 9. The summed E-state index contributed by atoms with van der Waals surface area (Å²) < 4.78 is 68.1. The van der Waals surface area contributed by atoms with Crippen molar-refractivity contribution in [3.8, 4) is 11.3 Å². The zero-order valence-corrected chi connectivity index (χ0v) is 19.7. The third-order valence-corrected chi connectivity index (χ3v) is 6.35. The van der Waals surface area contributed by atoms with Gasteiger partial charge in [-0.2, -0.15) is 13.2 Å². The van der Waals surface area contributed by atoms with Crippen LogP contribution in [0.1, 0.15) is 11.4 Å². The second-order valence-electron chi connectivity index (χ2n) is 7.38. The van der Waals surface area contributed by atoms with Gasteiger partial charge in [-0.3, -0.25) is 0 Å². The first-order valence-electron chi connectivity index (χ1n) is 10.3. The van der Waals surface area contributed by atoms with Crippen LogP contribution in [0.25, 0.3) is 11.3 Å². The molecule has 0 amide bonds. The summed E-state index contributed by atoms with van der Waals surface area (Å²) >= 11 is 0. The fourth-order valence-corrected chi connectivity index (χ4v) is 4.14. The van der Waals surface area contributed by atoms with E-state index in [2.05, 4.69) is 40.3 Å². The molecule has 14 heteroatoms. The first-order valence-corrected chi connectivity index (χ1v) is 11.8. The second kappa shape index (κ2) is 9.83. The molecule has 0 aliphatic carbocycles. The van der Waals surface area contributed by atoms with Gasteiger partial charge in [-0.25, -0.2) is 38.1 Å². The minimum atomic E-state index is -4.75. The summed E-state index contributed by atoms with van der Waals surface area (Å²) in [4.78, 5) is 20.2. The normalized spacial score (nSPS) is 11.8. The predicted octanol–water partition coefficient (Wildman–Crippen LogP) is 4.05. The number of anilines is 4. The third kappa shape index (κ3) is 5.55. The van der Waals surface area contributed by atoms with Gasteiger partial charge in [0.2, 0.25) is 10.0 Å². The van der Waals surface area contributed by atoms with Gasteiger partial charge < -0.3 is 10.6 Å². The van der Waals surface area contributed by atoms with E-state index >= 15 is 0 Å². The van der Waals surface area contributed by atoms with E-state index in [4.69, 9.17) is 0 Å². The molecule has 0 spiro atoms. The van der Waals surface area contributed by atoms with Crippen LogP contribution in [-0.2, 0) is 16.2 Å². The molecule has 0 atom stereocenters. The average Bonchev–Trinajstić information content (AvgIpc) is 2.84. The molecule has 4 aromatic rings. The lowest BCUT2D eigenvalue weighted by atomic mass is 10.2. The quantitative estimate of drug-likeness (QED) is 0.332. The van der Waals surface area contributed by atoms with E-state index in [-0.39, 0.29) is 22.2 Å². The second-order valence-corrected chi connectivity index (χ2v) is 9.23. The van der Waals surface area contributed by atoms with Crippen molar-refractivity contribution in [1.29, 1.82) is 0 Å². The highest BCUT2D eigenvalue weighted by Crippen LogP contribution is 2.38. The fourth-order valence-electron chi connectivity index (χ4n) is 3.25. The van der Waals surface area contributed by atoms with E-state index < -0.39 is 27.5 Å². The van der Waals surface area contributed by atoms with Gasteiger partial charge in [0, 0.05) is 36.3 Å². The number of aromatic nitrogens is 5. The number of para-hydroxylation sites is 1. The first-order chi connectivity index (χ1) is 17.1. The Morgan fingerprint density at radius 3 is 2.31 bits per heavy atom. The van der Waals surface area contributed by atoms with Crippen molar-refractivity contribution in [2.45, 2.75) is 18.0 Å². The van der Waals surface area contributed by atoms with Crippen LogP contribution in [0.4, 0.5) is 36.2 Å². The zero-order chi connectivity index (χ0) is 25.9. The molecule has 0 fully saturated rings. The number of halogens is 3. The molecule has 186 valence electrons. The molecule has 0 radical (unpaired) electrons. The van der Waals surface area contributed by atoms with Gasteiger partial charge >= 0.3 is 6.18 Å². The van der Waals surface area contributed by atoms with Gasteiger partial charge in [-0.1, -0.05) is 12.1 Å². The Kier molecular flexibility index (Phi) is 6.81. The van der Waals surface area contributed by atoms with Gasteiger partial charge in [0.05, 0.1) is 22.6 Å². The number of alkyl halides is 3. The number of nitrogens with zero attached hydrogens (tertiary/aromatic N) is 5. The summed E-state index contributed by atoms with van der Waals surface area (Å²) in [6.07, 6.45) is 0.398. The van der Waals surface area contributed by atoms with E-state index in [1.54, 1.807) is 25.4 Å². The Balaban J connectivity index is 1.73. The van der Waals surface area contributed by atoms with Crippen LogP contribution in [0.5, 0.6) is 0 Å². The van der Waals surface area contributed by atoms with Crippen molar-refractivity contribution in [3.05, 3.63) is 72.7 Å². The molecule has 4 rings (SSSR count). The molecule has 0 saturated carbocycles. The van der Waals surface area contributed by atoms with E-state index in [0.717, 1.165) is 6.07 Å². The molecule has 3 aromatic heterocycles. The highest BCUT2D eigenvalue weighted by atomic mass is 32.2. The Labute approximate surface area is 204 Å². The topological polar surface area (TPSA) is 135 Å². The number of hydrogen-bond donors (Lipinski definition) is 3. The van der Waals surface area contributed by atoms with Crippen LogP contribution < -0.4 is 15.4 Å². The van der Waals surface area contributed by atoms with Crippen LogP contribution >= 0.6 is 0 Å². The smallest absolute Gasteiger partial charge is 0.354 e. The summed E-state index contributed by atoms with van der Waals surface area (Å²) in [6.45, 7) is 1.66. The molecule has 3 N–H and O–H groups in total. The Bertz CT molecular complexity index is 1500. The number of pyridine rings is 1. The fraction of sp³-hybridized carbons (Fsp3) is 0.136. The molecule has 3 heterocycles. The first kappa shape index (κ1) is 24.9. The zero-order valence-electron chi connectivity index (χ0n) is 18.9. The molecule has 0 aliphatic heterocycles. The maximum atomic E-state index is 13.7. The number of nitrogens with one attached hydrogen (secondary N) is 3. The van der Waals surface area contributed by atoms with Crippen molar-refractivity contribution in [3.63, 3.8) is 0 Å². The predicted molar refractivity (Wildman–Crippen MR) is 126 cm³/mol. The molecule has 0 saturated heterocycles. The molecule has 0 bridgehead atoms. The molecular weight excluding hydrogens is 497 g/mol. The monoisotopic (exact) mass is 516 g/mol. The Morgan fingerprint density at radius 2 is 1.61 bits per heavy atom. The van der Waals surface area contributed by atoms with Gasteiger partial charge in [0.15, 0.2) is 0 Å². The summed E-state index contributed by atoms with van der Waals surface area (Å²) in [5, 5.41) is 5.47. The standard InChI is InChI=1S/C22H19F3N8O2S/c1-13-30-17(14-9-27-12-28-10-14)7-21(31-13)33-20-8-18(15(11-29-20)22(23,24)25)32-16-5-3-4-6-19(16)36(34,35)26-2/h3-12,26H,1-2H3,(H2,29,30,31,32,33). The van der Waals surface area contributed by atoms with Crippen molar-refractivity contribution < 1.29 is 21.6 Å². The Morgan fingerprint density at radius 1 is 0.889 bits per heavy atom. The highest BCUT2D eigenvalue weighted by Gasteiger charge is 2.35. The maximum Gasteiger partial charge on any atom is 0.419 e. The maximum absolute atomic E-state index is 13.7. The molecule has 36 heavy (non-hydrogen) atoms. The summed E-state index contributed by atoms with van der Waals surface area (Å²) in [5.74, 6) is 0.709. The van der Waals surface area contributed by atoms with Crippen LogP contribution in [0.3, 0.4) is 0 Å². The summed E-state index contributed by atoms with van der Waals surface area (Å²) in [5.41, 5.74) is -0.399. The van der Waals surface area contributed by atoms with E-state index in [1.807, 2.05) is 0 Å². The number of benzene rings is 1. The molecule has 1 aromatic carbocycles. The van der Waals surface area contributed by atoms with Crippen LogP contribution in [0.15, 0.2) is 66.2 Å². The summed E-state index contributed by atoms with van der Waals surface area (Å²) in [6, 6.07) is 8.30. The number of sulfonamides is 1. The summed E-state index contributed by atoms with van der Waals surface area (Å²) in [7, 11) is -2.73. The van der Waals surface area contributed by atoms with Crippen LogP contribution in [0.2, 0.25) is 0 Å². The van der Waals surface area contributed by atoms with Crippen molar-refractivity contribution in [2.75, 3.05) is 17.7 Å². The van der Waals surface area contributed by atoms with E-state index in [0.29, 0.717) is 23.3 Å². The molecular formula is C22H19F3N8O2S. The number of aryl methyl sites for hydroxylation is 1. The Hall–Kier alpha value is -4.17. The lowest BCUT2D eigenvalue weighted by Crippen LogP contribution is -2.20. The average molecular weight is 517 g/mol. The minimum absolute atomic E-state index is 0.0350. The van der Waals surface area contributed by atoms with E-state index in [9.17, 15) is 21.6 Å². The van der Waals surface area contributed by atoms with Gasteiger partial charge in [0.1, 0.15) is 28.7 Å². The minimum Gasteiger partial charge on any atom is -0.354 e. The molecule has 0 aliphatic rings. The van der Waals surface area contributed by atoms with Crippen molar-refractivity contribution in [2.24, 2.45) is 0 Å². The highest BCUT2D eigenvalue weighted by molar-refractivity contribution is 7.89. The van der Waals surface area contributed by atoms with Gasteiger partial charge in [-0.15, -0.1) is 0 Å². The lowest BCUT2D eigenvalue weighted by Gasteiger charge is -2.18. The van der Waals surface area contributed by atoms with E-state index in [1.165, 1.54) is 37.6 Å². The van der Waals surface area contributed by atoms with Crippen LogP contribution in [0, 0.1) is 6.92 Å². The van der Waals surface area contributed by atoms with Gasteiger partial charge in [0.25, 0.3) is 0 Å². The number of rotatable bonds is 7. The van der Waals surface area contributed by atoms with Crippen molar-refractivity contribution >= 4 is 33.0 Å². The lowest BCUT2D eigenvalue weighted by molar-refractivity contribution is -0.137. The van der Waals surface area contributed by atoms with Crippen LogP contribution in [-0.4, -0.2) is 40.4 Å². The molecule has 0 unspecified atom stereocenters. The SMILES string of the molecule is CNS(=O)(=O)c1ccccc1Nc1cc(Nc2cc(-c3cncnc3)nc(C)n2)ncc1C(F)(F)F. The van der Waals surface area contributed by atoms with Crippen molar-refractivity contribution in [1.82, 2.24) is 29.6 Å².